The number of allylic oxidation sites excluding steroid dienone is 10. The predicted octanol–water partition coefficient (Wildman–Crippen LogP) is 17.9. The van der Waals surface area contributed by atoms with Crippen LogP contribution in [0.2, 0.25) is 0 Å². The molecule has 1 aliphatic rings. The summed E-state index contributed by atoms with van der Waals surface area (Å²) in [6, 6.07) is 0. The number of carboxylic acid groups (broad SMARTS) is 1. The van der Waals surface area contributed by atoms with Gasteiger partial charge in [0.15, 0.2) is 24.6 Å². The Morgan fingerprint density at radius 1 is 0.420 bits per heavy atom. The van der Waals surface area contributed by atoms with Crippen LogP contribution in [0.15, 0.2) is 60.8 Å². The fraction of sp³-hybridized carbons (Fsp3) is 0.797. The van der Waals surface area contributed by atoms with E-state index in [-0.39, 0.29) is 25.9 Å². The highest BCUT2D eigenvalue weighted by atomic mass is 16.7. The molecule has 1 fully saturated rings. The molecule has 6 atom stereocenters. The van der Waals surface area contributed by atoms with Crippen LogP contribution in [0.25, 0.3) is 0 Å². The van der Waals surface area contributed by atoms with Crippen LogP contribution in [-0.2, 0) is 42.9 Å². The number of unbranched alkanes of at least 4 members (excludes halogenated alkanes) is 33. The van der Waals surface area contributed by atoms with Crippen molar-refractivity contribution >= 4 is 23.9 Å². The molecule has 1 heterocycles. The molecule has 3 N–H and O–H groups in total. The van der Waals surface area contributed by atoms with Gasteiger partial charge in [-0.05, 0) is 83.5 Å². The van der Waals surface area contributed by atoms with Gasteiger partial charge in [0.2, 0.25) is 0 Å². The Morgan fingerprint density at radius 2 is 0.778 bits per heavy atom. The first-order valence-corrected chi connectivity index (χ1v) is 33.3. The molecule has 1 saturated heterocycles. The number of rotatable bonds is 57. The summed E-state index contributed by atoms with van der Waals surface area (Å²) in [6.07, 6.45) is 58.9. The summed E-state index contributed by atoms with van der Waals surface area (Å²) in [6.45, 7) is 5.90. The van der Waals surface area contributed by atoms with E-state index in [1.807, 2.05) is 0 Å². The fourth-order valence-electron chi connectivity index (χ4n) is 10.0. The number of carboxylic acids is 1. The van der Waals surface area contributed by atoms with E-state index in [4.69, 9.17) is 23.7 Å². The summed E-state index contributed by atoms with van der Waals surface area (Å²) in [5.41, 5.74) is 0. The molecule has 0 amide bonds. The molecular formula is C69H120O12. The number of ether oxygens (including phenoxy) is 5. The summed E-state index contributed by atoms with van der Waals surface area (Å²) < 4.78 is 28.6. The molecule has 0 aromatic heterocycles. The fourth-order valence-corrected chi connectivity index (χ4v) is 10.0. The third-order valence-corrected chi connectivity index (χ3v) is 15.1. The molecule has 6 unspecified atom stereocenters. The minimum atomic E-state index is -1.91. The van der Waals surface area contributed by atoms with E-state index in [1.54, 1.807) is 0 Å². The van der Waals surface area contributed by atoms with Crippen LogP contribution in [0.5, 0.6) is 0 Å². The maximum atomic E-state index is 13.2. The lowest BCUT2D eigenvalue weighted by molar-refractivity contribution is -0.301. The molecule has 0 spiro atoms. The molecule has 0 radical (unpaired) electrons. The van der Waals surface area contributed by atoms with Gasteiger partial charge in [0.25, 0.3) is 0 Å². The molecule has 12 heteroatoms. The first-order valence-electron chi connectivity index (χ1n) is 33.3. The zero-order chi connectivity index (χ0) is 58.9. The number of carbonyl (C=O) groups excluding carboxylic acids is 3. The lowest BCUT2D eigenvalue weighted by atomic mass is 9.98. The minimum absolute atomic E-state index is 0.0584. The first-order chi connectivity index (χ1) is 39.6. The van der Waals surface area contributed by atoms with E-state index in [0.717, 1.165) is 116 Å². The van der Waals surface area contributed by atoms with Crippen molar-refractivity contribution in [3.8, 4) is 0 Å². The number of aliphatic hydroxyl groups excluding tert-OH is 2. The largest absolute Gasteiger partial charge is 0.479 e. The molecule has 0 saturated carbocycles. The molecule has 1 aliphatic heterocycles. The van der Waals surface area contributed by atoms with Crippen molar-refractivity contribution in [2.75, 3.05) is 13.2 Å². The molecule has 0 aliphatic carbocycles. The highest BCUT2D eigenvalue weighted by Crippen LogP contribution is 2.27. The quantitative estimate of drug-likeness (QED) is 0.0228. The first kappa shape index (κ1) is 75.4. The van der Waals surface area contributed by atoms with Crippen molar-refractivity contribution in [1.29, 1.82) is 0 Å². The maximum Gasteiger partial charge on any atom is 0.335 e. The molecule has 1 rings (SSSR count). The topological polar surface area (TPSA) is 175 Å². The molecule has 0 aromatic carbocycles. The van der Waals surface area contributed by atoms with Gasteiger partial charge in [-0.2, -0.15) is 0 Å². The Bertz CT molecular complexity index is 1640. The van der Waals surface area contributed by atoms with Crippen molar-refractivity contribution < 1.29 is 58.2 Å². The minimum Gasteiger partial charge on any atom is -0.479 e. The van der Waals surface area contributed by atoms with Gasteiger partial charge in [-0.1, -0.05) is 261 Å². The van der Waals surface area contributed by atoms with Crippen LogP contribution in [-0.4, -0.2) is 89.2 Å². The number of carbonyl (C=O) groups is 4. The Balaban J connectivity index is 2.63. The summed E-state index contributed by atoms with van der Waals surface area (Å²) in [5.74, 6) is -3.12. The second kappa shape index (κ2) is 56.9. The van der Waals surface area contributed by atoms with Gasteiger partial charge in [0.1, 0.15) is 18.8 Å². The molecule has 81 heavy (non-hydrogen) atoms. The Labute approximate surface area is 494 Å². The van der Waals surface area contributed by atoms with Gasteiger partial charge in [0, 0.05) is 19.3 Å². The maximum absolute atomic E-state index is 13.2. The molecule has 0 bridgehead atoms. The Morgan fingerprint density at radius 3 is 1.20 bits per heavy atom. The number of aliphatic carboxylic acids is 1. The third-order valence-electron chi connectivity index (χ3n) is 15.1. The van der Waals surface area contributed by atoms with Gasteiger partial charge < -0.3 is 39.0 Å². The van der Waals surface area contributed by atoms with Crippen molar-refractivity contribution in [2.45, 2.75) is 340 Å². The average Bonchev–Trinajstić information content (AvgIpc) is 3.45. The Kier molecular flexibility index (Phi) is 53.0. The van der Waals surface area contributed by atoms with E-state index in [9.17, 15) is 34.5 Å². The highest BCUT2D eigenvalue weighted by Gasteiger charge is 2.50. The van der Waals surface area contributed by atoms with Crippen LogP contribution in [0.1, 0.15) is 303 Å². The predicted molar refractivity (Wildman–Crippen MR) is 331 cm³/mol. The van der Waals surface area contributed by atoms with Crippen LogP contribution in [0, 0.1) is 0 Å². The van der Waals surface area contributed by atoms with Gasteiger partial charge in [0.05, 0.1) is 6.61 Å². The standard InChI is InChI=1S/C69H120O12/c1-4-7-10-13-16-19-22-25-27-29-31-33-35-38-40-43-46-49-52-55-61(70)77-58-60(79-62(71)56-53-50-47-44-41-37-24-21-18-15-12-9-6-3)59-78-69-67(65(74)64(73)66(81-69)68(75)76)80-63(72)57-54-51-48-45-42-39-36-34-32-30-28-26-23-20-17-14-11-8-5-2/h7,10,16,19,25-28,31,33,60,64-67,69,73-74H,4-6,8-9,11-15,17-18,20-24,29-30,32,34-59H2,1-3H3,(H,75,76)/b10-7-,19-16-,27-25-,28-26-,33-31-. The van der Waals surface area contributed by atoms with Gasteiger partial charge >= 0.3 is 23.9 Å². The normalized spacial score (nSPS) is 18.1. The van der Waals surface area contributed by atoms with E-state index >= 15 is 0 Å². The second-order valence-electron chi connectivity index (χ2n) is 22.7. The van der Waals surface area contributed by atoms with Crippen LogP contribution >= 0.6 is 0 Å². The summed E-state index contributed by atoms with van der Waals surface area (Å²) >= 11 is 0. The molecular weight excluding hydrogens is 1020 g/mol. The summed E-state index contributed by atoms with van der Waals surface area (Å²) in [4.78, 5) is 51.3. The number of aliphatic hydroxyl groups is 2. The average molecular weight is 1140 g/mol. The third kappa shape index (κ3) is 46.5. The van der Waals surface area contributed by atoms with E-state index in [0.29, 0.717) is 19.3 Å². The zero-order valence-electron chi connectivity index (χ0n) is 51.8. The highest BCUT2D eigenvalue weighted by molar-refractivity contribution is 5.74. The number of hydrogen-bond donors (Lipinski definition) is 3. The van der Waals surface area contributed by atoms with Crippen molar-refractivity contribution in [1.82, 2.24) is 0 Å². The van der Waals surface area contributed by atoms with Gasteiger partial charge in [-0.15, -0.1) is 0 Å². The SMILES string of the molecule is CC/C=C\C/C=C\C/C=C\C/C=C\CCCCCCCCC(=O)OCC(COC1OC(C(=O)O)C(O)C(O)C1OC(=O)CCCCCCCCCCC/C=C\CCCCCCCC)OC(=O)CCCCCCCCCCCCCCC. The molecule has 468 valence electrons. The van der Waals surface area contributed by atoms with Crippen molar-refractivity contribution in [3.63, 3.8) is 0 Å². The van der Waals surface area contributed by atoms with Crippen LogP contribution < -0.4 is 0 Å². The monoisotopic (exact) mass is 1140 g/mol. The lowest BCUT2D eigenvalue weighted by Gasteiger charge is -2.40. The number of hydrogen-bond acceptors (Lipinski definition) is 11. The van der Waals surface area contributed by atoms with E-state index in [1.165, 1.54) is 128 Å². The second-order valence-corrected chi connectivity index (χ2v) is 22.7. The Hall–Kier alpha value is -3.58. The smallest absolute Gasteiger partial charge is 0.335 e. The summed E-state index contributed by atoms with van der Waals surface area (Å²) in [7, 11) is 0. The molecule has 0 aromatic rings. The van der Waals surface area contributed by atoms with Crippen LogP contribution in [0.4, 0.5) is 0 Å². The van der Waals surface area contributed by atoms with Crippen molar-refractivity contribution in [2.24, 2.45) is 0 Å². The zero-order valence-corrected chi connectivity index (χ0v) is 51.8. The van der Waals surface area contributed by atoms with Crippen LogP contribution in [0.3, 0.4) is 0 Å². The van der Waals surface area contributed by atoms with Crippen molar-refractivity contribution in [3.05, 3.63) is 60.8 Å². The number of esters is 3. The van der Waals surface area contributed by atoms with E-state index in [2.05, 4.69) is 81.5 Å². The van der Waals surface area contributed by atoms with Gasteiger partial charge in [-0.3, -0.25) is 14.4 Å². The van der Waals surface area contributed by atoms with Gasteiger partial charge in [-0.25, -0.2) is 4.79 Å². The lowest BCUT2D eigenvalue weighted by Crippen LogP contribution is -2.61. The van der Waals surface area contributed by atoms with E-state index < -0.39 is 67.3 Å². The summed E-state index contributed by atoms with van der Waals surface area (Å²) in [5, 5.41) is 31.6. The molecule has 12 nitrogen and oxygen atoms in total.